The number of methoxy groups -OCH3 is 1. The van der Waals surface area contributed by atoms with E-state index in [4.69, 9.17) is 4.74 Å². The number of hydrogen-bond donors (Lipinski definition) is 1. The minimum atomic E-state index is -0.761. The number of rotatable bonds is 6. The lowest BCUT2D eigenvalue weighted by Crippen LogP contribution is -2.29. The van der Waals surface area contributed by atoms with Crippen LogP contribution in [0.3, 0.4) is 0 Å². The molecule has 1 fully saturated rings. The van der Waals surface area contributed by atoms with Gasteiger partial charge in [-0.25, -0.2) is 0 Å². The summed E-state index contributed by atoms with van der Waals surface area (Å²) < 4.78 is 5.20. The second kappa shape index (κ2) is 9.66. The topological polar surface area (TPSA) is 70.1 Å². The molecule has 1 aliphatic heterocycles. The maximum Gasteiger partial charge on any atom is 0.300 e. The summed E-state index contributed by atoms with van der Waals surface area (Å²) in [5.41, 5.74) is 3.96. The number of nitrogens with zero attached hydrogens (tertiary/aromatic N) is 2. The lowest BCUT2D eigenvalue weighted by atomic mass is 9.93. The molecule has 0 saturated carbocycles. The van der Waals surface area contributed by atoms with Gasteiger partial charge in [0.1, 0.15) is 11.5 Å². The fraction of sp³-hybridized carbons (Fsp3) is 0.241. The third kappa shape index (κ3) is 4.52. The standard InChI is InChI=1S/C29H30N2O4/c1-18(2)19-6-8-20(9-7-19)26-25(27(32)21-10-16-24(35-5)17-11-21)28(33)29(34)31(26)23-14-12-22(13-15-23)30(3)4/h6-18,26,32H,1-5H3/b27-25+. The number of ether oxygens (including phenoxy) is 1. The number of aliphatic hydroxyl groups is 1. The summed E-state index contributed by atoms with van der Waals surface area (Å²) >= 11 is 0. The molecule has 1 unspecified atom stereocenters. The van der Waals surface area contributed by atoms with Gasteiger partial charge in [0.05, 0.1) is 18.7 Å². The average Bonchev–Trinajstić information content (AvgIpc) is 3.14. The van der Waals surface area contributed by atoms with Crippen LogP contribution in [0, 0.1) is 0 Å². The maximum atomic E-state index is 13.3. The van der Waals surface area contributed by atoms with Crippen LogP contribution in [-0.2, 0) is 9.59 Å². The van der Waals surface area contributed by atoms with Gasteiger partial charge in [0.25, 0.3) is 11.7 Å². The molecule has 1 saturated heterocycles. The lowest BCUT2D eigenvalue weighted by molar-refractivity contribution is -0.132. The fourth-order valence-corrected chi connectivity index (χ4v) is 4.29. The summed E-state index contributed by atoms with van der Waals surface area (Å²) in [5.74, 6) is -0.628. The second-order valence-electron chi connectivity index (χ2n) is 9.13. The molecule has 35 heavy (non-hydrogen) atoms. The summed E-state index contributed by atoms with van der Waals surface area (Å²) in [6.45, 7) is 4.22. The second-order valence-corrected chi connectivity index (χ2v) is 9.13. The third-order valence-corrected chi connectivity index (χ3v) is 6.37. The molecule has 1 N–H and O–H groups in total. The van der Waals surface area contributed by atoms with E-state index in [1.165, 1.54) is 4.90 Å². The molecule has 1 atom stereocenters. The number of Topliss-reactive ketones (excluding diaryl/α,β-unsaturated/α-hetero) is 1. The lowest BCUT2D eigenvalue weighted by Gasteiger charge is -2.26. The molecule has 3 aromatic carbocycles. The first kappa shape index (κ1) is 24.1. The summed E-state index contributed by atoms with van der Waals surface area (Å²) in [7, 11) is 5.43. The molecule has 6 heteroatoms. The molecule has 0 spiro atoms. The minimum Gasteiger partial charge on any atom is -0.507 e. The third-order valence-electron chi connectivity index (χ3n) is 6.37. The van der Waals surface area contributed by atoms with Gasteiger partial charge in [-0.1, -0.05) is 38.1 Å². The Balaban J connectivity index is 1.88. The molecular formula is C29H30N2O4. The van der Waals surface area contributed by atoms with E-state index in [0.29, 0.717) is 22.9 Å². The number of ketones is 1. The van der Waals surface area contributed by atoms with Gasteiger partial charge in [-0.3, -0.25) is 14.5 Å². The van der Waals surface area contributed by atoms with Crippen LogP contribution in [0.4, 0.5) is 11.4 Å². The van der Waals surface area contributed by atoms with E-state index in [2.05, 4.69) is 13.8 Å². The number of carbonyl (C=O) groups excluding carboxylic acids is 2. The Hall–Kier alpha value is -4.06. The summed E-state index contributed by atoms with van der Waals surface area (Å²) in [4.78, 5) is 30.1. The van der Waals surface area contributed by atoms with Crippen LogP contribution in [-0.4, -0.2) is 38.0 Å². The van der Waals surface area contributed by atoms with Crippen molar-refractivity contribution in [3.63, 3.8) is 0 Å². The monoisotopic (exact) mass is 470 g/mol. The number of aliphatic hydroxyl groups excluding tert-OH is 1. The minimum absolute atomic E-state index is 0.0640. The van der Waals surface area contributed by atoms with Gasteiger partial charge in [0, 0.05) is 31.0 Å². The van der Waals surface area contributed by atoms with Gasteiger partial charge in [0.2, 0.25) is 0 Å². The Morgan fingerprint density at radius 2 is 1.51 bits per heavy atom. The van der Waals surface area contributed by atoms with Crippen LogP contribution in [0.1, 0.15) is 42.5 Å². The molecule has 0 aliphatic carbocycles. The van der Waals surface area contributed by atoms with Crippen molar-refractivity contribution in [2.75, 3.05) is 31.0 Å². The van der Waals surface area contributed by atoms with Crippen LogP contribution in [0.2, 0.25) is 0 Å². The van der Waals surface area contributed by atoms with Crippen molar-refractivity contribution in [2.24, 2.45) is 0 Å². The number of benzene rings is 3. The molecule has 0 bridgehead atoms. The van der Waals surface area contributed by atoms with Crippen LogP contribution < -0.4 is 14.5 Å². The highest BCUT2D eigenvalue weighted by Crippen LogP contribution is 2.42. The van der Waals surface area contributed by atoms with Crippen molar-refractivity contribution < 1.29 is 19.4 Å². The first-order chi connectivity index (χ1) is 16.7. The first-order valence-corrected chi connectivity index (χ1v) is 11.6. The Labute approximate surface area is 206 Å². The summed E-state index contributed by atoms with van der Waals surface area (Å²) in [6, 6.07) is 21.3. The van der Waals surface area contributed by atoms with Crippen LogP contribution in [0.5, 0.6) is 5.75 Å². The Morgan fingerprint density at radius 1 is 0.914 bits per heavy atom. The van der Waals surface area contributed by atoms with Crippen molar-refractivity contribution in [2.45, 2.75) is 25.8 Å². The SMILES string of the molecule is COc1ccc(/C(O)=C2\C(=O)C(=O)N(c3ccc(N(C)C)cc3)C2c2ccc(C(C)C)cc2)cc1. The van der Waals surface area contributed by atoms with Crippen LogP contribution in [0.15, 0.2) is 78.4 Å². The van der Waals surface area contributed by atoms with Crippen LogP contribution >= 0.6 is 0 Å². The van der Waals surface area contributed by atoms with E-state index < -0.39 is 17.7 Å². The van der Waals surface area contributed by atoms with E-state index >= 15 is 0 Å². The van der Waals surface area contributed by atoms with Gasteiger partial charge in [0.15, 0.2) is 0 Å². The number of anilines is 2. The molecule has 6 nitrogen and oxygen atoms in total. The summed E-state index contributed by atoms with van der Waals surface area (Å²) in [6.07, 6.45) is 0. The zero-order valence-electron chi connectivity index (χ0n) is 20.6. The van der Waals surface area contributed by atoms with Crippen molar-refractivity contribution in [3.8, 4) is 5.75 Å². The quantitative estimate of drug-likeness (QED) is 0.292. The predicted molar refractivity (Wildman–Crippen MR) is 139 cm³/mol. The first-order valence-electron chi connectivity index (χ1n) is 11.6. The molecular weight excluding hydrogens is 440 g/mol. The van der Waals surface area contributed by atoms with Crippen molar-refractivity contribution >= 4 is 28.8 Å². The van der Waals surface area contributed by atoms with Gasteiger partial charge in [-0.05, 0) is 65.6 Å². The molecule has 1 amide bonds. The average molecular weight is 471 g/mol. The summed E-state index contributed by atoms with van der Waals surface area (Å²) in [5, 5.41) is 11.3. The highest BCUT2D eigenvalue weighted by atomic mass is 16.5. The molecule has 3 aromatic rings. The van der Waals surface area contributed by atoms with E-state index in [-0.39, 0.29) is 11.3 Å². The molecule has 1 heterocycles. The zero-order chi connectivity index (χ0) is 25.3. The van der Waals surface area contributed by atoms with E-state index in [0.717, 1.165) is 16.8 Å². The zero-order valence-corrected chi connectivity index (χ0v) is 20.6. The van der Waals surface area contributed by atoms with Gasteiger partial charge in [-0.15, -0.1) is 0 Å². The Kier molecular flexibility index (Phi) is 6.65. The van der Waals surface area contributed by atoms with E-state index in [1.54, 1.807) is 31.4 Å². The van der Waals surface area contributed by atoms with Gasteiger partial charge in [-0.2, -0.15) is 0 Å². The normalized spacial score (nSPS) is 17.2. The van der Waals surface area contributed by atoms with Crippen molar-refractivity contribution in [3.05, 3.63) is 95.1 Å². The molecule has 1 aliphatic rings. The van der Waals surface area contributed by atoms with Crippen molar-refractivity contribution in [1.82, 2.24) is 0 Å². The van der Waals surface area contributed by atoms with E-state index in [9.17, 15) is 14.7 Å². The number of carbonyl (C=O) groups is 2. The fourth-order valence-electron chi connectivity index (χ4n) is 4.29. The predicted octanol–water partition coefficient (Wildman–Crippen LogP) is 5.51. The highest BCUT2D eigenvalue weighted by Gasteiger charge is 2.47. The van der Waals surface area contributed by atoms with Crippen LogP contribution in [0.25, 0.3) is 5.76 Å². The number of hydrogen-bond acceptors (Lipinski definition) is 5. The van der Waals surface area contributed by atoms with Gasteiger partial charge < -0.3 is 14.7 Å². The van der Waals surface area contributed by atoms with Gasteiger partial charge >= 0.3 is 0 Å². The number of amides is 1. The van der Waals surface area contributed by atoms with Crippen molar-refractivity contribution in [1.29, 1.82) is 0 Å². The maximum absolute atomic E-state index is 13.3. The largest absolute Gasteiger partial charge is 0.507 e. The molecule has 180 valence electrons. The molecule has 4 rings (SSSR count). The Morgan fingerprint density at radius 3 is 2.03 bits per heavy atom. The highest BCUT2D eigenvalue weighted by molar-refractivity contribution is 6.51. The van der Waals surface area contributed by atoms with E-state index in [1.807, 2.05) is 67.5 Å². The Bertz CT molecular complexity index is 1260. The molecule has 0 aromatic heterocycles. The smallest absolute Gasteiger partial charge is 0.300 e. The molecule has 0 radical (unpaired) electrons.